The first-order valence-electron chi connectivity index (χ1n) is 4.63. The molecule has 1 heterocycles. The Balaban J connectivity index is 2.40. The van der Waals surface area contributed by atoms with Crippen LogP contribution in [0.2, 0.25) is 0 Å². The number of carbonyl (C=O) groups excluding carboxylic acids is 2. The Morgan fingerprint density at radius 3 is 2.67 bits per heavy atom. The van der Waals surface area contributed by atoms with Crippen LogP contribution >= 0.6 is 0 Å². The number of likely N-dealkylation sites (N-methyl/N-ethyl adjacent to an activating group) is 1. The zero-order chi connectivity index (χ0) is 11.0. The molecule has 2 aliphatic rings. The highest BCUT2D eigenvalue weighted by Crippen LogP contribution is 2.26. The summed E-state index contributed by atoms with van der Waals surface area (Å²) < 4.78 is 5.05. The van der Waals surface area contributed by atoms with E-state index in [-0.39, 0.29) is 11.8 Å². The van der Waals surface area contributed by atoms with Crippen molar-refractivity contribution in [1.82, 2.24) is 4.90 Å². The number of hydrogen-bond acceptors (Lipinski definition) is 3. The van der Waals surface area contributed by atoms with Crippen LogP contribution in [0.3, 0.4) is 0 Å². The van der Waals surface area contributed by atoms with E-state index in [9.17, 15) is 9.59 Å². The van der Waals surface area contributed by atoms with Gasteiger partial charge < -0.3 is 4.74 Å². The lowest BCUT2D eigenvalue weighted by atomic mass is 10.1. The van der Waals surface area contributed by atoms with E-state index in [4.69, 9.17) is 4.74 Å². The van der Waals surface area contributed by atoms with E-state index >= 15 is 0 Å². The van der Waals surface area contributed by atoms with Crippen LogP contribution in [-0.2, 0) is 14.3 Å². The van der Waals surface area contributed by atoms with Gasteiger partial charge in [-0.3, -0.25) is 14.5 Å². The molecule has 2 rings (SSSR count). The number of methoxy groups -OCH3 is 1. The summed E-state index contributed by atoms with van der Waals surface area (Å²) in [6, 6.07) is 0. The first-order valence-corrected chi connectivity index (χ1v) is 4.63. The molecule has 78 valence electrons. The lowest BCUT2D eigenvalue weighted by Crippen LogP contribution is -2.26. The van der Waals surface area contributed by atoms with Gasteiger partial charge in [-0.15, -0.1) is 0 Å². The minimum Gasteiger partial charge on any atom is -0.497 e. The maximum absolute atomic E-state index is 11.6. The average molecular weight is 205 g/mol. The van der Waals surface area contributed by atoms with Gasteiger partial charge in [-0.1, -0.05) is 0 Å². The first-order chi connectivity index (χ1) is 7.15. The molecule has 4 heteroatoms. The summed E-state index contributed by atoms with van der Waals surface area (Å²) in [5.74, 6) is 0.220. The summed E-state index contributed by atoms with van der Waals surface area (Å²) >= 11 is 0. The predicted octanol–water partition coefficient (Wildman–Crippen LogP) is 0.772. The molecule has 0 aromatic heterocycles. The predicted molar refractivity (Wildman–Crippen MR) is 53.7 cm³/mol. The quantitative estimate of drug-likeness (QED) is 0.594. The van der Waals surface area contributed by atoms with Crippen molar-refractivity contribution in [3.63, 3.8) is 0 Å². The lowest BCUT2D eigenvalue weighted by molar-refractivity contribution is -0.135. The summed E-state index contributed by atoms with van der Waals surface area (Å²) in [7, 11) is 3.05. The van der Waals surface area contributed by atoms with Crippen molar-refractivity contribution >= 4 is 11.8 Å². The second-order valence-electron chi connectivity index (χ2n) is 3.41. The Morgan fingerprint density at radius 2 is 2.00 bits per heavy atom. The molecule has 0 spiro atoms. The summed E-state index contributed by atoms with van der Waals surface area (Å²) in [6.07, 6.45) is 5.58. The Kier molecular flexibility index (Phi) is 2.19. The van der Waals surface area contributed by atoms with Gasteiger partial charge in [-0.2, -0.15) is 0 Å². The second-order valence-corrected chi connectivity index (χ2v) is 3.41. The van der Waals surface area contributed by atoms with Crippen LogP contribution in [0.25, 0.3) is 0 Å². The molecule has 15 heavy (non-hydrogen) atoms. The Morgan fingerprint density at radius 1 is 1.27 bits per heavy atom. The smallest absolute Gasteiger partial charge is 0.260 e. The van der Waals surface area contributed by atoms with Crippen molar-refractivity contribution in [2.45, 2.75) is 6.42 Å². The van der Waals surface area contributed by atoms with Gasteiger partial charge in [0.25, 0.3) is 11.8 Å². The molecule has 0 saturated heterocycles. The molecular formula is C11H11NO3. The molecular weight excluding hydrogens is 194 g/mol. The number of ether oxygens (including phenoxy) is 1. The molecule has 0 unspecified atom stereocenters. The standard InChI is InChI=1S/C11H11NO3/c1-12-10(13)8-5-3-7(15-2)4-6-9(8)11(12)14/h3-5H,6H2,1-2H3. The van der Waals surface area contributed by atoms with E-state index in [1.807, 2.05) is 0 Å². The molecule has 0 atom stereocenters. The summed E-state index contributed by atoms with van der Waals surface area (Å²) in [6.45, 7) is 0. The third-order valence-electron chi connectivity index (χ3n) is 2.58. The van der Waals surface area contributed by atoms with Crippen LogP contribution in [0, 0.1) is 0 Å². The van der Waals surface area contributed by atoms with Gasteiger partial charge in [0.15, 0.2) is 0 Å². The van der Waals surface area contributed by atoms with Gasteiger partial charge >= 0.3 is 0 Å². The highest BCUT2D eigenvalue weighted by atomic mass is 16.5. The van der Waals surface area contributed by atoms with Crippen LogP contribution in [0.15, 0.2) is 35.1 Å². The monoisotopic (exact) mass is 205 g/mol. The first kappa shape index (κ1) is 9.71. The Labute approximate surface area is 87.5 Å². The van der Waals surface area contributed by atoms with Crippen LogP contribution in [0.1, 0.15) is 6.42 Å². The minimum atomic E-state index is -0.239. The van der Waals surface area contributed by atoms with Crippen LogP contribution < -0.4 is 0 Å². The van der Waals surface area contributed by atoms with E-state index in [0.29, 0.717) is 23.3 Å². The summed E-state index contributed by atoms with van der Waals surface area (Å²) in [5.41, 5.74) is 1.02. The fourth-order valence-corrected chi connectivity index (χ4v) is 1.68. The van der Waals surface area contributed by atoms with E-state index in [1.165, 1.54) is 7.05 Å². The maximum Gasteiger partial charge on any atom is 0.260 e. The second kappa shape index (κ2) is 3.38. The van der Waals surface area contributed by atoms with Crippen molar-refractivity contribution in [2.24, 2.45) is 0 Å². The summed E-state index contributed by atoms with van der Waals surface area (Å²) in [5, 5.41) is 0. The van der Waals surface area contributed by atoms with E-state index in [0.717, 1.165) is 4.90 Å². The molecule has 2 amide bonds. The molecule has 0 aromatic rings. The van der Waals surface area contributed by atoms with Crippen molar-refractivity contribution in [2.75, 3.05) is 14.2 Å². The van der Waals surface area contributed by atoms with E-state index in [1.54, 1.807) is 25.3 Å². The lowest BCUT2D eigenvalue weighted by Gasteiger charge is -2.06. The normalized spacial score (nSPS) is 20.4. The fourth-order valence-electron chi connectivity index (χ4n) is 1.68. The molecule has 1 aliphatic heterocycles. The van der Waals surface area contributed by atoms with E-state index in [2.05, 4.69) is 0 Å². The van der Waals surface area contributed by atoms with Gasteiger partial charge in [0.05, 0.1) is 7.11 Å². The van der Waals surface area contributed by atoms with Gasteiger partial charge in [-0.25, -0.2) is 0 Å². The number of nitrogens with zero attached hydrogens (tertiary/aromatic N) is 1. The third kappa shape index (κ3) is 1.38. The molecule has 0 bridgehead atoms. The molecule has 0 N–H and O–H groups in total. The largest absolute Gasteiger partial charge is 0.497 e. The molecule has 4 nitrogen and oxygen atoms in total. The minimum absolute atomic E-state index is 0.215. The Hall–Kier alpha value is -1.84. The van der Waals surface area contributed by atoms with Gasteiger partial charge in [0.2, 0.25) is 0 Å². The van der Waals surface area contributed by atoms with Crippen LogP contribution in [0.5, 0.6) is 0 Å². The number of rotatable bonds is 1. The number of carbonyl (C=O) groups is 2. The highest BCUT2D eigenvalue weighted by molar-refractivity contribution is 6.20. The van der Waals surface area contributed by atoms with Gasteiger partial charge in [0.1, 0.15) is 5.76 Å². The number of hydrogen-bond donors (Lipinski definition) is 0. The fraction of sp³-hybridized carbons (Fsp3) is 0.273. The molecule has 0 saturated carbocycles. The SMILES string of the molecule is COC1=CCC2=C(C=C1)C(=O)N(C)C2=O. The zero-order valence-electron chi connectivity index (χ0n) is 8.61. The number of imide groups is 1. The highest BCUT2D eigenvalue weighted by Gasteiger charge is 2.34. The molecule has 0 fully saturated rings. The van der Waals surface area contributed by atoms with Crippen molar-refractivity contribution < 1.29 is 14.3 Å². The summed E-state index contributed by atoms with van der Waals surface area (Å²) in [4.78, 5) is 24.4. The maximum atomic E-state index is 11.6. The number of allylic oxidation sites excluding steroid dienone is 2. The molecule has 1 aliphatic carbocycles. The third-order valence-corrected chi connectivity index (χ3v) is 2.58. The van der Waals surface area contributed by atoms with Crippen molar-refractivity contribution in [3.8, 4) is 0 Å². The number of amides is 2. The Bertz CT molecular complexity index is 429. The van der Waals surface area contributed by atoms with Crippen LogP contribution in [-0.4, -0.2) is 30.9 Å². The van der Waals surface area contributed by atoms with Crippen molar-refractivity contribution in [3.05, 3.63) is 35.1 Å². The molecule has 0 aromatic carbocycles. The average Bonchev–Trinajstić information content (AvgIpc) is 2.47. The van der Waals surface area contributed by atoms with Crippen LogP contribution in [0.4, 0.5) is 0 Å². The molecule has 0 radical (unpaired) electrons. The van der Waals surface area contributed by atoms with Gasteiger partial charge in [-0.05, 0) is 18.2 Å². The zero-order valence-corrected chi connectivity index (χ0v) is 8.61. The van der Waals surface area contributed by atoms with Gasteiger partial charge in [0, 0.05) is 24.6 Å². The van der Waals surface area contributed by atoms with E-state index < -0.39 is 0 Å². The van der Waals surface area contributed by atoms with Crippen molar-refractivity contribution in [1.29, 1.82) is 0 Å². The topological polar surface area (TPSA) is 46.6 Å².